The van der Waals surface area contributed by atoms with E-state index in [9.17, 15) is 0 Å². The van der Waals surface area contributed by atoms with Gasteiger partial charge in [0.05, 0.1) is 0 Å². The van der Waals surface area contributed by atoms with E-state index in [1.54, 1.807) is 0 Å². The highest BCUT2D eigenvalue weighted by Gasteiger charge is 2.08. The van der Waals surface area contributed by atoms with E-state index in [1.165, 1.54) is 5.56 Å². The number of aryl methyl sites for hydroxylation is 2. The minimum absolute atomic E-state index is 0.377. The van der Waals surface area contributed by atoms with Gasteiger partial charge in [-0.25, -0.2) is 4.98 Å². The minimum atomic E-state index is 0.377. The SMILES string of the molecule is Cc1cccc(OCc2nc(-c3ccccc3C)n[nH]2)c1. The summed E-state index contributed by atoms with van der Waals surface area (Å²) in [5, 5.41) is 7.19. The summed E-state index contributed by atoms with van der Waals surface area (Å²) < 4.78 is 5.72. The maximum absolute atomic E-state index is 5.72. The number of H-pyrrole nitrogens is 1. The first-order valence-corrected chi connectivity index (χ1v) is 6.89. The van der Waals surface area contributed by atoms with Crippen LogP contribution in [0.1, 0.15) is 17.0 Å². The Balaban J connectivity index is 1.72. The Morgan fingerprint density at radius 1 is 1.05 bits per heavy atom. The summed E-state index contributed by atoms with van der Waals surface area (Å²) in [6.45, 7) is 4.47. The lowest BCUT2D eigenvalue weighted by Crippen LogP contribution is -1.97. The molecule has 4 nitrogen and oxygen atoms in total. The molecule has 0 saturated carbocycles. The van der Waals surface area contributed by atoms with Crippen LogP contribution in [0, 0.1) is 13.8 Å². The zero-order valence-electron chi connectivity index (χ0n) is 12.1. The third-order valence-electron chi connectivity index (χ3n) is 3.28. The first-order valence-electron chi connectivity index (χ1n) is 6.89. The summed E-state index contributed by atoms with van der Waals surface area (Å²) in [6.07, 6.45) is 0. The van der Waals surface area contributed by atoms with Gasteiger partial charge in [-0.05, 0) is 37.1 Å². The Morgan fingerprint density at radius 2 is 1.90 bits per heavy atom. The number of hydrogen-bond acceptors (Lipinski definition) is 3. The number of nitrogens with one attached hydrogen (secondary N) is 1. The lowest BCUT2D eigenvalue weighted by molar-refractivity contribution is 0.296. The van der Waals surface area contributed by atoms with Gasteiger partial charge in [-0.15, -0.1) is 0 Å². The molecule has 0 aliphatic carbocycles. The van der Waals surface area contributed by atoms with Crippen molar-refractivity contribution < 1.29 is 4.74 Å². The zero-order chi connectivity index (χ0) is 14.7. The highest BCUT2D eigenvalue weighted by molar-refractivity contribution is 5.59. The van der Waals surface area contributed by atoms with Crippen LogP contribution in [0.5, 0.6) is 5.75 Å². The maximum atomic E-state index is 5.72. The third-order valence-corrected chi connectivity index (χ3v) is 3.28. The lowest BCUT2D eigenvalue weighted by Gasteiger charge is -2.04. The van der Waals surface area contributed by atoms with Crippen molar-refractivity contribution >= 4 is 0 Å². The molecule has 0 atom stereocenters. The van der Waals surface area contributed by atoms with Crippen molar-refractivity contribution in [2.45, 2.75) is 20.5 Å². The van der Waals surface area contributed by atoms with Crippen LogP contribution in [0.3, 0.4) is 0 Å². The maximum Gasteiger partial charge on any atom is 0.181 e. The molecule has 106 valence electrons. The summed E-state index contributed by atoms with van der Waals surface area (Å²) in [7, 11) is 0. The van der Waals surface area contributed by atoms with Gasteiger partial charge in [0, 0.05) is 5.56 Å². The molecule has 0 amide bonds. The van der Waals surface area contributed by atoms with Gasteiger partial charge < -0.3 is 4.74 Å². The Hall–Kier alpha value is -2.62. The second kappa shape index (κ2) is 5.79. The van der Waals surface area contributed by atoms with Crippen molar-refractivity contribution in [2.75, 3.05) is 0 Å². The van der Waals surface area contributed by atoms with Crippen molar-refractivity contribution in [2.24, 2.45) is 0 Å². The Kier molecular flexibility index (Phi) is 3.69. The fraction of sp³-hybridized carbons (Fsp3) is 0.176. The van der Waals surface area contributed by atoms with E-state index in [-0.39, 0.29) is 0 Å². The molecule has 0 radical (unpaired) electrons. The van der Waals surface area contributed by atoms with E-state index in [0.29, 0.717) is 12.4 Å². The van der Waals surface area contributed by atoms with Crippen LogP contribution in [0.15, 0.2) is 48.5 Å². The standard InChI is InChI=1S/C17H17N3O/c1-12-6-5-8-14(10-12)21-11-16-18-17(20-19-16)15-9-4-3-7-13(15)2/h3-10H,11H2,1-2H3,(H,18,19,20). The fourth-order valence-electron chi connectivity index (χ4n) is 2.16. The van der Waals surface area contributed by atoms with Gasteiger partial charge in [-0.2, -0.15) is 5.10 Å². The highest BCUT2D eigenvalue weighted by Crippen LogP contribution is 2.19. The number of aromatic nitrogens is 3. The van der Waals surface area contributed by atoms with Crippen LogP contribution in [-0.4, -0.2) is 15.2 Å². The van der Waals surface area contributed by atoms with Gasteiger partial charge in [-0.3, -0.25) is 5.10 Å². The average Bonchev–Trinajstić information content (AvgIpc) is 2.94. The number of nitrogens with zero attached hydrogens (tertiary/aromatic N) is 2. The van der Waals surface area contributed by atoms with E-state index < -0.39 is 0 Å². The molecule has 0 saturated heterocycles. The Morgan fingerprint density at radius 3 is 2.71 bits per heavy atom. The second-order valence-corrected chi connectivity index (χ2v) is 5.03. The van der Waals surface area contributed by atoms with Gasteiger partial charge >= 0.3 is 0 Å². The number of rotatable bonds is 4. The van der Waals surface area contributed by atoms with Gasteiger partial charge in [0.1, 0.15) is 12.4 Å². The Labute approximate surface area is 123 Å². The van der Waals surface area contributed by atoms with Gasteiger partial charge in [0.15, 0.2) is 11.6 Å². The van der Waals surface area contributed by atoms with E-state index in [0.717, 1.165) is 22.7 Å². The molecular formula is C17H17N3O. The van der Waals surface area contributed by atoms with E-state index >= 15 is 0 Å². The topological polar surface area (TPSA) is 50.8 Å². The molecule has 4 heteroatoms. The van der Waals surface area contributed by atoms with Gasteiger partial charge in [0.2, 0.25) is 0 Å². The molecule has 0 unspecified atom stereocenters. The molecule has 0 aliphatic heterocycles. The largest absolute Gasteiger partial charge is 0.486 e. The summed E-state index contributed by atoms with van der Waals surface area (Å²) in [5.41, 5.74) is 3.36. The fourth-order valence-corrected chi connectivity index (χ4v) is 2.16. The van der Waals surface area contributed by atoms with Crippen molar-refractivity contribution in [3.63, 3.8) is 0 Å². The van der Waals surface area contributed by atoms with Crippen LogP contribution in [0.25, 0.3) is 11.4 Å². The monoisotopic (exact) mass is 279 g/mol. The summed E-state index contributed by atoms with van der Waals surface area (Å²) in [5.74, 6) is 2.26. The average molecular weight is 279 g/mol. The predicted molar refractivity (Wildman–Crippen MR) is 82.1 cm³/mol. The first kappa shape index (κ1) is 13.4. The predicted octanol–water partition coefficient (Wildman–Crippen LogP) is 3.67. The van der Waals surface area contributed by atoms with Crippen molar-refractivity contribution in [1.29, 1.82) is 0 Å². The molecule has 3 aromatic rings. The summed E-state index contributed by atoms with van der Waals surface area (Å²) >= 11 is 0. The number of ether oxygens (including phenoxy) is 1. The molecule has 3 rings (SSSR count). The van der Waals surface area contributed by atoms with E-state index in [1.807, 2.05) is 49.4 Å². The summed E-state index contributed by atoms with van der Waals surface area (Å²) in [6, 6.07) is 16.0. The highest BCUT2D eigenvalue weighted by atomic mass is 16.5. The summed E-state index contributed by atoms with van der Waals surface area (Å²) in [4.78, 5) is 4.49. The molecular weight excluding hydrogens is 262 g/mol. The van der Waals surface area contributed by atoms with Crippen molar-refractivity contribution in [3.8, 4) is 17.1 Å². The molecule has 1 heterocycles. The molecule has 1 N–H and O–H groups in total. The quantitative estimate of drug-likeness (QED) is 0.792. The zero-order valence-corrected chi connectivity index (χ0v) is 12.1. The number of aromatic amines is 1. The Bertz CT molecular complexity index is 749. The number of benzene rings is 2. The molecule has 0 fully saturated rings. The van der Waals surface area contributed by atoms with Crippen molar-refractivity contribution in [1.82, 2.24) is 15.2 Å². The van der Waals surface area contributed by atoms with Crippen LogP contribution in [0.2, 0.25) is 0 Å². The molecule has 0 spiro atoms. The third kappa shape index (κ3) is 3.11. The van der Waals surface area contributed by atoms with Crippen LogP contribution in [0.4, 0.5) is 0 Å². The van der Waals surface area contributed by atoms with Gasteiger partial charge in [0.25, 0.3) is 0 Å². The van der Waals surface area contributed by atoms with E-state index in [2.05, 4.69) is 28.2 Å². The van der Waals surface area contributed by atoms with E-state index in [4.69, 9.17) is 4.74 Å². The molecule has 2 aromatic carbocycles. The minimum Gasteiger partial charge on any atom is -0.486 e. The van der Waals surface area contributed by atoms with Crippen molar-refractivity contribution in [3.05, 3.63) is 65.5 Å². The van der Waals surface area contributed by atoms with Crippen LogP contribution >= 0.6 is 0 Å². The first-order chi connectivity index (χ1) is 10.2. The second-order valence-electron chi connectivity index (χ2n) is 5.03. The smallest absolute Gasteiger partial charge is 0.181 e. The van der Waals surface area contributed by atoms with Crippen LogP contribution in [-0.2, 0) is 6.61 Å². The number of hydrogen-bond donors (Lipinski definition) is 1. The van der Waals surface area contributed by atoms with Crippen LogP contribution < -0.4 is 4.74 Å². The molecule has 0 bridgehead atoms. The molecule has 21 heavy (non-hydrogen) atoms. The molecule has 0 aliphatic rings. The molecule has 1 aromatic heterocycles. The lowest BCUT2D eigenvalue weighted by atomic mass is 10.1. The normalized spacial score (nSPS) is 10.6. The van der Waals surface area contributed by atoms with Gasteiger partial charge in [-0.1, -0.05) is 36.4 Å².